The maximum absolute atomic E-state index is 14.7. The molecule has 166 valence electrons. The Bertz CT molecular complexity index is 948. The van der Waals surface area contributed by atoms with Gasteiger partial charge in [-0.15, -0.1) is 0 Å². The molecule has 10 heteroatoms. The molecule has 1 fully saturated rings. The number of alkyl halides is 3. The Morgan fingerprint density at radius 3 is 2.52 bits per heavy atom. The smallest absolute Gasteiger partial charge is 0.414 e. The first-order valence-electron chi connectivity index (χ1n) is 9.51. The van der Waals surface area contributed by atoms with Gasteiger partial charge in [-0.25, -0.2) is 9.18 Å². The van der Waals surface area contributed by atoms with Gasteiger partial charge in [0.1, 0.15) is 11.9 Å². The zero-order valence-corrected chi connectivity index (χ0v) is 16.6. The third-order valence-electron chi connectivity index (χ3n) is 4.64. The fraction of sp³-hybridized carbons (Fsp3) is 0.333. The summed E-state index contributed by atoms with van der Waals surface area (Å²) < 4.78 is 56.5. The van der Waals surface area contributed by atoms with Crippen LogP contribution in [0.3, 0.4) is 0 Å². The Morgan fingerprint density at radius 1 is 1.19 bits per heavy atom. The largest absolute Gasteiger partial charge is 0.442 e. The molecule has 1 aliphatic rings. The number of amides is 2. The summed E-state index contributed by atoms with van der Waals surface area (Å²) in [5.41, 5.74) is 1.80. The van der Waals surface area contributed by atoms with E-state index in [1.54, 1.807) is 30.3 Å². The summed E-state index contributed by atoms with van der Waals surface area (Å²) >= 11 is 0. The van der Waals surface area contributed by atoms with E-state index in [1.165, 1.54) is 24.0 Å². The molecule has 0 radical (unpaired) electrons. The van der Waals surface area contributed by atoms with E-state index in [0.717, 1.165) is 0 Å². The summed E-state index contributed by atoms with van der Waals surface area (Å²) in [6, 6.07) is 10.8. The number of hydrogen-bond acceptors (Lipinski definition) is 4. The molecule has 1 heterocycles. The van der Waals surface area contributed by atoms with E-state index in [9.17, 15) is 27.2 Å². The molecule has 1 atom stereocenters. The second-order valence-corrected chi connectivity index (χ2v) is 7.13. The zero-order chi connectivity index (χ0) is 22.6. The third-order valence-corrected chi connectivity index (χ3v) is 4.64. The SMILES string of the molecule is CC(=O)NC[C@H]1CN(c2ccc(-c3ccc(CNCC(F)(F)F)cc3)c(F)c2)C(=O)O1. The number of halogens is 4. The Hall–Kier alpha value is -3.14. The van der Waals surface area contributed by atoms with Crippen LogP contribution in [0.15, 0.2) is 42.5 Å². The van der Waals surface area contributed by atoms with Crippen LogP contribution in [-0.2, 0) is 16.1 Å². The highest BCUT2D eigenvalue weighted by atomic mass is 19.4. The van der Waals surface area contributed by atoms with Crippen molar-refractivity contribution in [2.24, 2.45) is 0 Å². The van der Waals surface area contributed by atoms with Crippen molar-refractivity contribution in [1.82, 2.24) is 10.6 Å². The quantitative estimate of drug-likeness (QED) is 0.647. The van der Waals surface area contributed by atoms with E-state index >= 15 is 0 Å². The van der Waals surface area contributed by atoms with Crippen molar-refractivity contribution < 1.29 is 31.9 Å². The Kier molecular flexibility index (Phi) is 6.79. The lowest BCUT2D eigenvalue weighted by molar-refractivity contribution is -0.125. The van der Waals surface area contributed by atoms with Crippen molar-refractivity contribution in [3.8, 4) is 11.1 Å². The lowest BCUT2D eigenvalue weighted by atomic mass is 10.0. The molecule has 3 rings (SSSR count). The normalized spacial score (nSPS) is 16.4. The molecule has 1 aliphatic heterocycles. The van der Waals surface area contributed by atoms with Gasteiger partial charge in [-0.05, 0) is 29.3 Å². The van der Waals surface area contributed by atoms with Crippen molar-refractivity contribution in [3.05, 3.63) is 53.8 Å². The van der Waals surface area contributed by atoms with Crippen LogP contribution < -0.4 is 15.5 Å². The van der Waals surface area contributed by atoms with Crippen LogP contribution in [0, 0.1) is 5.82 Å². The number of hydrogen-bond donors (Lipinski definition) is 2. The summed E-state index contributed by atoms with van der Waals surface area (Å²) in [6.45, 7) is 0.654. The van der Waals surface area contributed by atoms with Crippen LogP contribution in [0.5, 0.6) is 0 Å². The predicted molar refractivity (Wildman–Crippen MR) is 106 cm³/mol. The summed E-state index contributed by atoms with van der Waals surface area (Å²) in [7, 11) is 0. The van der Waals surface area contributed by atoms with Crippen molar-refractivity contribution in [2.45, 2.75) is 25.7 Å². The predicted octanol–water partition coefficient (Wildman–Crippen LogP) is 3.61. The van der Waals surface area contributed by atoms with Crippen LogP contribution in [0.1, 0.15) is 12.5 Å². The number of carbonyl (C=O) groups is 2. The zero-order valence-electron chi connectivity index (χ0n) is 16.6. The average Bonchev–Trinajstić information content (AvgIpc) is 3.07. The number of ether oxygens (including phenoxy) is 1. The number of nitrogens with one attached hydrogen (secondary N) is 2. The number of cyclic esters (lactones) is 1. The Balaban J connectivity index is 1.65. The molecule has 0 spiro atoms. The minimum atomic E-state index is -4.28. The minimum Gasteiger partial charge on any atom is -0.442 e. The minimum absolute atomic E-state index is 0.0396. The van der Waals surface area contributed by atoms with E-state index in [4.69, 9.17) is 4.74 Å². The molecule has 2 aromatic carbocycles. The highest BCUT2D eigenvalue weighted by Gasteiger charge is 2.32. The third kappa shape index (κ3) is 6.17. The maximum Gasteiger partial charge on any atom is 0.414 e. The van der Waals surface area contributed by atoms with Crippen LogP contribution in [-0.4, -0.2) is 43.9 Å². The molecule has 0 saturated carbocycles. The number of benzene rings is 2. The van der Waals surface area contributed by atoms with Crippen molar-refractivity contribution in [3.63, 3.8) is 0 Å². The second-order valence-electron chi connectivity index (χ2n) is 7.13. The Morgan fingerprint density at radius 2 is 1.90 bits per heavy atom. The fourth-order valence-electron chi connectivity index (χ4n) is 3.15. The van der Waals surface area contributed by atoms with Crippen molar-refractivity contribution in [2.75, 3.05) is 24.5 Å². The molecule has 0 aliphatic carbocycles. The first kappa shape index (κ1) is 22.5. The van der Waals surface area contributed by atoms with Gasteiger partial charge < -0.3 is 15.4 Å². The Labute approximate surface area is 176 Å². The van der Waals surface area contributed by atoms with Gasteiger partial charge in [0.15, 0.2) is 0 Å². The van der Waals surface area contributed by atoms with Gasteiger partial charge in [0.2, 0.25) is 5.91 Å². The lowest BCUT2D eigenvalue weighted by Gasteiger charge is -2.15. The van der Waals surface area contributed by atoms with E-state index in [1.807, 2.05) is 0 Å². The molecule has 1 saturated heterocycles. The molecule has 0 aromatic heterocycles. The molecule has 31 heavy (non-hydrogen) atoms. The molecule has 0 unspecified atom stereocenters. The molecule has 2 aromatic rings. The molecule has 0 bridgehead atoms. The fourth-order valence-corrected chi connectivity index (χ4v) is 3.15. The highest BCUT2D eigenvalue weighted by Crippen LogP contribution is 2.29. The van der Waals surface area contributed by atoms with Crippen LogP contribution in [0.25, 0.3) is 11.1 Å². The van der Waals surface area contributed by atoms with Crippen LogP contribution in [0.4, 0.5) is 28.0 Å². The van der Waals surface area contributed by atoms with Crippen LogP contribution in [0.2, 0.25) is 0 Å². The molecular weight excluding hydrogens is 418 g/mol. The summed E-state index contributed by atoms with van der Waals surface area (Å²) in [5, 5.41) is 4.87. The number of carbonyl (C=O) groups excluding carboxylic acids is 2. The molecule has 2 N–H and O–H groups in total. The van der Waals surface area contributed by atoms with E-state index < -0.39 is 30.7 Å². The number of nitrogens with zero attached hydrogens (tertiary/aromatic N) is 1. The summed E-state index contributed by atoms with van der Waals surface area (Å²) in [6.07, 6.45) is -5.44. The van der Waals surface area contributed by atoms with Crippen LogP contribution >= 0.6 is 0 Å². The standard InChI is InChI=1S/C21H21F4N3O3/c1-13(29)27-10-17-11-28(20(30)31-17)16-6-7-18(19(22)8-16)15-4-2-14(3-5-15)9-26-12-21(23,24)25/h2-8,17,26H,9-12H2,1H3,(H,27,29)/t17-/m0/s1. The molecule has 2 amide bonds. The van der Waals surface area contributed by atoms with Gasteiger partial charge in [0.05, 0.1) is 25.3 Å². The number of rotatable bonds is 7. The van der Waals surface area contributed by atoms with Crippen molar-refractivity contribution >= 4 is 17.7 Å². The van der Waals surface area contributed by atoms with Gasteiger partial charge in [-0.2, -0.15) is 13.2 Å². The monoisotopic (exact) mass is 439 g/mol. The van der Waals surface area contributed by atoms with E-state index in [2.05, 4.69) is 10.6 Å². The van der Waals surface area contributed by atoms with Gasteiger partial charge in [0.25, 0.3) is 0 Å². The summed E-state index contributed by atoms with van der Waals surface area (Å²) in [4.78, 5) is 24.4. The first-order chi connectivity index (χ1) is 14.6. The van der Waals surface area contributed by atoms with E-state index in [-0.39, 0.29) is 25.5 Å². The van der Waals surface area contributed by atoms with Gasteiger partial charge in [-0.3, -0.25) is 9.69 Å². The molecule has 6 nitrogen and oxygen atoms in total. The second kappa shape index (κ2) is 9.34. The van der Waals surface area contributed by atoms with Crippen molar-refractivity contribution in [1.29, 1.82) is 0 Å². The van der Waals surface area contributed by atoms with Gasteiger partial charge >= 0.3 is 12.3 Å². The van der Waals surface area contributed by atoms with E-state index in [0.29, 0.717) is 22.4 Å². The van der Waals surface area contributed by atoms with Gasteiger partial charge in [-0.1, -0.05) is 24.3 Å². The first-order valence-corrected chi connectivity index (χ1v) is 9.51. The molecular formula is C21H21F4N3O3. The number of anilines is 1. The van der Waals surface area contributed by atoms with Gasteiger partial charge in [0, 0.05) is 19.0 Å². The topological polar surface area (TPSA) is 70.7 Å². The average molecular weight is 439 g/mol. The lowest BCUT2D eigenvalue weighted by Crippen LogP contribution is -2.33. The maximum atomic E-state index is 14.7. The highest BCUT2D eigenvalue weighted by molar-refractivity contribution is 5.90. The summed E-state index contributed by atoms with van der Waals surface area (Å²) in [5.74, 6) is -0.800.